The number of halogens is 2. The van der Waals surface area contributed by atoms with E-state index in [0.29, 0.717) is 0 Å². The van der Waals surface area contributed by atoms with Crippen LogP contribution in [0, 0.1) is 19.2 Å². The number of allylic oxidation sites excluding steroid dienone is 6. The molecule has 17 heavy (non-hydrogen) atoms. The molecule has 1 N–H and O–H groups in total. The van der Waals surface area contributed by atoms with Gasteiger partial charge in [0.1, 0.15) is 0 Å². The van der Waals surface area contributed by atoms with Gasteiger partial charge in [0, 0.05) is 0 Å². The maximum atomic E-state index is 3.10. The van der Waals surface area contributed by atoms with Crippen LogP contribution in [0.4, 0.5) is 0 Å². The molecule has 4 heteroatoms. The maximum absolute atomic E-state index is 3.10. The Morgan fingerprint density at radius 1 is 1.24 bits per heavy atom. The van der Waals surface area contributed by atoms with E-state index in [0.717, 1.165) is 5.56 Å². The van der Waals surface area contributed by atoms with Crippen molar-refractivity contribution in [2.75, 3.05) is 0 Å². The summed E-state index contributed by atoms with van der Waals surface area (Å²) in [6.45, 7) is 6.17. The summed E-state index contributed by atoms with van der Waals surface area (Å²) >= 11 is 0. The summed E-state index contributed by atoms with van der Waals surface area (Å²) < 4.78 is 0. The minimum Gasteiger partial charge on any atom is -1.00 e. The van der Waals surface area contributed by atoms with Crippen molar-refractivity contribution in [3.05, 3.63) is 59.5 Å². The number of aromatic nitrogens is 1. The van der Waals surface area contributed by atoms with E-state index in [1.165, 1.54) is 11.1 Å². The van der Waals surface area contributed by atoms with Crippen LogP contribution in [0.3, 0.4) is 0 Å². The summed E-state index contributed by atoms with van der Waals surface area (Å²) in [5, 5.41) is 0. The Hall–Kier alpha value is -0.0369. The van der Waals surface area contributed by atoms with Crippen LogP contribution in [0.5, 0.6) is 0 Å². The summed E-state index contributed by atoms with van der Waals surface area (Å²) in [5.74, 6) is 0. The van der Waals surface area contributed by atoms with Crippen LogP contribution < -0.4 is 24.8 Å². The van der Waals surface area contributed by atoms with Gasteiger partial charge in [0.25, 0.3) is 0 Å². The van der Waals surface area contributed by atoms with Crippen molar-refractivity contribution >= 4 is 0 Å². The fourth-order valence-electron chi connectivity index (χ4n) is 1.01. The van der Waals surface area contributed by atoms with Crippen molar-refractivity contribution in [3.63, 3.8) is 0 Å². The molecule has 1 aliphatic carbocycles. The zero-order valence-electron chi connectivity index (χ0n) is 10.1. The van der Waals surface area contributed by atoms with E-state index in [1.54, 1.807) is 0 Å². The predicted molar refractivity (Wildman–Crippen MR) is 59.7 cm³/mol. The van der Waals surface area contributed by atoms with Crippen LogP contribution >= 0.6 is 0 Å². The average Bonchev–Trinajstić information content (AvgIpc) is 2.75. The summed E-state index contributed by atoms with van der Waals surface area (Å²) in [7, 11) is 0. The van der Waals surface area contributed by atoms with Crippen molar-refractivity contribution in [1.29, 1.82) is 0 Å². The molecule has 0 amide bonds. The molecule has 1 aliphatic rings. The number of hydrogen-bond donors (Lipinski definition) is 1. The van der Waals surface area contributed by atoms with Gasteiger partial charge in [-0.15, -0.1) is 17.8 Å². The first kappa shape index (κ1) is 22.2. The van der Waals surface area contributed by atoms with E-state index in [9.17, 15) is 0 Å². The molecule has 0 saturated carbocycles. The topological polar surface area (TPSA) is 15.8 Å². The van der Waals surface area contributed by atoms with Crippen LogP contribution in [0.15, 0.2) is 41.6 Å². The van der Waals surface area contributed by atoms with Gasteiger partial charge in [0.15, 0.2) is 0 Å². The Kier molecular flexibility index (Phi) is 16.2. The van der Waals surface area contributed by atoms with Crippen LogP contribution in [0.2, 0.25) is 0 Å². The average molecular weight is 347 g/mol. The molecular weight excluding hydrogens is 332 g/mol. The fourth-order valence-corrected chi connectivity index (χ4v) is 1.01. The molecule has 0 atom stereocenters. The van der Waals surface area contributed by atoms with E-state index in [2.05, 4.69) is 37.2 Å². The molecule has 1 aromatic heterocycles. The van der Waals surface area contributed by atoms with Gasteiger partial charge in [-0.1, -0.05) is 20.8 Å². The monoisotopic (exact) mass is 345 g/mol. The van der Waals surface area contributed by atoms with Crippen molar-refractivity contribution < 1.29 is 51.0 Å². The second-order valence-corrected chi connectivity index (χ2v) is 3.37. The standard InChI is InChI=1S/C8H9.C5H6N.2ClH.Zr/c1-7(2)8-5-3-4-6-8;1-5-2-3-6-4-5;;;/h3-5H,1-2H3;2-3,6H,1H3;2*1H;/q2*-1;;;+4/p-2. The number of H-pyrrole nitrogens is 1. The van der Waals surface area contributed by atoms with E-state index >= 15 is 0 Å². The summed E-state index contributed by atoms with van der Waals surface area (Å²) in [6, 6.07) is 1.97. The maximum Gasteiger partial charge on any atom is 4.00 e. The van der Waals surface area contributed by atoms with Gasteiger partial charge < -0.3 is 29.8 Å². The van der Waals surface area contributed by atoms with Gasteiger partial charge in [-0.25, -0.2) is 0 Å². The molecule has 0 saturated heterocycles. The van der Waals surface area contributed by atoms with Crippen LogP contribution in [0.1, 0.15) is 19.4 Å². The molecule has 1 heterocycles. The molecule has 0 aromatic carbocycles. The first-order valence-electron chi connectivity index (χ1n) is 4.65. The van der Waals surface area contributed by atoms with Gasteiger partial charge in [-0.05, 0) is 0 Å². The minimum absolute atomic E-state index is 0. The van der Waals surface area contributed by atoms with E-state index in [1.807, 2.05) is 31.3 Å². The van der Waals surface area contributed by atoms with E-state index < -0.39 is 0 Å². The van der Waals surface area contributed by atoms with Gasteiger partial charge in [0.2, 0.25) is 0 Å². The summed E-state index contributed by atoms with van der Waals surface area (Å²) in [4.78, 5) is 2.80. The Bertz CT molecular complexity index is 347. The van der Waals surface area contributed by atoms with Crippen LogP contribution in [-0.2, 0) is 26.2 Å². The molecule has 2 rings (SSSR count). The third-order valence-corrected chi connectivity index (χ3v) is 1.82. The number of hydrogen-bond acceptors (Lipinski definition) is 0. The third kappa shape index (κ3) is 9.65. The smallest absolute Gasteiger partial charge is 1.00 e. The molecule has 90 valence electrons. The van der Waals surface area contributed by atoms with Gasteiger partial charge >= 0.3 is 26.2 Å². The van der Waals surface area contributed by atoms with Crippen molar-refractivity contribution in [2.45, 2.75) is 20.8 Å². The van der Waals surface area contributed by atoms with Crippen LogP contribution in [0.25, 0.3) is 0 Å². The predicted octanol–water partition coefficient (Wildman–Crippen LogP) is -2.62. The summed E-state index contributed by atoms with van der Waals surface area (Å²) in [6.07, 6.45) is 13.8. The second-order valence-electron chi connectivity index (χ2n) is 3.37. The zero-order valence-corrected chi connectivity index (χ0v) is 14.1. The van der Waals surface area contributed by atoms with Crippen molar-refractivity contribution in [1.82, 2.24) is 4.98 Å². The fraction of sp³-hybridized carbons (Fsp3) is 0.231. The molecule has 0 bridgehead atoms. The number of aromatic amines is 1. The number of nitrogens with one attached hydrogen (secondary N) is 1. The van der Waals surface area contributed by atoms with Gasteiger partial charge in [0.05, 0.1) is 0 Å². The van der Waals surface area contributed by atoms with E-state index in [4.69, 9.17) is 0 Å². The normalized spacial score (nSPS) is 10.4. The van der Waals surface area contributed by atoms with E-state index in [-0.39, 0.29) is 51.0 Å². The Balaban J connectivity index is -0.000000201. The molecule has 1 nitrogen and oxygen atoms in total. The Labute approximate surface area is 135 Å². The zero-order chi connectivity index (χ0) is 10.4. The number of rotatable bonds is 0. The van der Waals surface area contributed by atoms with Crippen LogP contribution in [-0.4, -0.2) is 4.98 Å². The number of aryl methyl sites for hydroxylation is 1. The van der Waals surface area contributed by atoms with Gasteiger partial charge in [-0.3, -0.25) is 0 Å². The molecular formula is C13H15Cl2NZr. The Morgan fingerprint density at radius 3 is 2.06 bits per heavy atom. The molecule has 0 fully saturated rings. The van der Waals surface area contributed by atoms with Crippen molar-refractivity contribution in [2.24, 2.45) is 0 Å². The van der Waals surface area contributed by atoms with Crippen molar-refractivity contribution in [3.8, 4) is 0 Å². The quantitative estimate of drug-likeness (QED) is 0.495. The molecule has 0 radical (unpaired) electrons. The largest absolute Gasteiger partial charge is 4.00 e. The summed E-state index contributed by atoms with van der Waals surface area (Å²) in [5.41, 5.74) is 3.72. The molecule has 1 aromatic rings. The minimum atomic E-state index is 0. The first-order valence-corrected chi connectivity index (χ1v) is 4.65. The first-order chi connectivity index (χ1) is 6.70. The second kappa shape index (κ2) is 12.4. The van der Waals surface area contributed by atoms with Gasteiger partial charge in [-0.2, -0.15) is 41.6 Å². The molecule has 0 spiro atoms. The molecule has 0 aliphatic heterocycles. The SMILES string of the molecule is CC(C)=C1[C-]=CC=C1.Cc1[c-][nH]cc1.[Cl-].[Cl-].[Zr+4]. The third-order valence-electron chi connectivity index (χ3n) is 1.82. The molecule has 0 unspecified atom stereocenters. The Morgan fingerprint density at radius 2 is 1.88 bits per heavy atom.